The second-order valence-corrected chi connectivity index (χ2v) is 13.5. The number of rotatable bonds is 15. The summed E-state index contributed by atoms with van der Waals surface area (Å²) in [5.74, 6) is 0. The van der Waals surface area contributed by atoms with Crippen LogP contribution in [0.4, 0.5) is 0 Å². The number of unbranched alkanes of at least 4 members (excludes halogenated alkanes) is 1. The molecule has 0 bridgehead atoms. The Labute approximate surface area is 264 Å². The van der Waals surface area contributed by atoms with Crippen molar-refractivity contribution in [1.82, 2.24) is 4.90 Å². The molecule has 0 fully saturated rings. The summed E-state index contributed by atoms with van der Waals surface area (Å²) < 4.78 is 2.25. The van der Waals surface area contributed by atoms with E-state index in [1.807, 2.05) is 0 Å². The summed E-state index contributed by atoms with van der Waals surface area (Å²) in [7, 11) is 0. The Morgan fingerprint density at radius 3 is 1.76 bits per heavy atom. The Kier molecular flexibility index (Phi) is 12.0. The first-order chi connectivity index (χ1) is 20.2. The number of aryl methyl sites for hydroxylation is 4. The highest BCUT2D eigenvalue weighted by Crippen LogP contribution is 2.23. The molecule has 4 aromatic carbocycles. The van der Waals surface area contributed by atoms with Crippen molar-refractivity contribution in [2.75, 3.05) is 26.2 Å². The van der Waals surface area contributed by atoms with Crippen molar-refractivity contribution >= 4 is 15.9 Å². The maximum Gasteiger partial charge on any atom is 0.105 e. The lowest BCUT2D eigenvalue weighted by atomic mass is 10.0. The van der Waals surface area contributed by atoms with Crippen LogP contribution < -0.4 is 0 Å². The van der Waals surface area contributed by atoms with Gasteiger partial charge in [-0.25, -0.2) is 0 Å². The average Bonchev–Trinajstić information content (AvgIpc) is 2.94. The zero-order valence-electron chi connectivity index (χ0n) is 26.5. The highest BCUT2D eigenvalue weighted by molar-refractivity contribution is 9.10. The molecule has 1 atom stereocenters. The topological polar surface area (TPSA) is 3.24 Å². The SMILES string of the molecule is CC[N+](CCCCN(CCc1ccc(Br)cc1)Cc1cc(C)cc(C)c1)(Cc1ccccc1)Cc1cc(C)cc(C)c1. The molecule has 0 heterocycles. The molecule has 4 rings (SSSR count). The van der Waals surface area contributed by atoms with Gasteiger partial charge in [-0.05, 0) is 83.7 Å². The fourth-order valence-electron chi connectivity index (χ4n) is 6.52. The molecule has 2 nitrogen and oxygen atoms in total. The second kappa shape index (κ2) is 15.7. The van der Waals surface area contributed by atoms with E-state index in [4.69, 9.17) is 0 Å². The monoisotopic (exact) mass is 625 g/mol. The van der Waals surface area contributed by atoms with Crippen LogP contribution in [0.15, 0.2) is 95.5 Å². The lowest BCUT2D eigenvalue weighted by molar-refractivity contribution is -0.952. The summed E-state index contributed by atoms with van der Waals surface area (Å²) in [5, 5.41) is 0. The number of benzene rings is 4. The maximum atomic E-state index is 3.58. The van der Waals surface area contributed by atoms with E-state index < -0.39 is 0 Å². The Morgan fingerprint density at radius 1 is 0.595 bits per heavy atom. The summed E-state index contributed by atoms with van der Waals surface area (Å²) in [6.45, 7) is 19.0. The minimum absolute atomic E-state index is 1.01. The third kappa shape index (κ3) is 10.2. The third-order valence-electron chi connectivity index (χ3n) is 8.51. The van der Waals surface area contributed by atoms with Crippen LogP contribution in [-0.2, 0) is 26.1 Å². The zero-order chi connectivity index (χ0) is 30.0. The van der Waals surface area contributed by atoms with Gasteiger partial charge in [-0.1, -0.05) is 117 Å². The molecule has 0 radical (unpaired) electrons. The fourth-order valence-corrected chi connectivity index (χ4v) is 6.79. The van der Waals surface area contributed by atoms with Gasteiger partial charge < -0.3 is 4.48 Å². The molecule has 222 valence electrons. The van der Waals surface area contributed by atoms with Gasteiger partial charge in [0.1, 0.15) is 13.1 Å². The van der Waals surface area contributed by atoms with Gasteiger partial charge in [0, 0.05) is 28.7 Å². The van der Waals surface area contributed by atoms with Gasteiger partial charge in [0.15, 0.2) is 0 Å². The van der Waals surface area contributed by atoms with Gasteiger partial charge in [-0.15, -0.1) is 0 Å². The molecule has 0 amide bonds. The first-order valence-electron chi connectivity index (χ1n) is 15.7. The predicted molar refractivity (Wildman–Crippen MR) is 184 cm³/mol. The molecule has 0 aliphatic heterocycles. The summed E-state index contributed by atoms with van der Waals surface area (Å²) >= 11 is 3.58. The molecule has 3 heteroatoms. The Bertz CT molecular complexity index is 1360. The molecule has 0 saturated heterocycles. The predicted octanol–water partition coefficient (Wildman–Crippen LogP) is 9.74. The number of quaternary nitrogens is 1. The van der Waals surface area contributed by atoms with Crippen molar-refractivity contribution < 1.29 is 4.48 Å². The smallest absolute Gasteiger partial charge is 0.105 e. The molecule has 0 spiro atoms. The van der Waals surface area contributed by atoms with Gasteiger partial charge in [-0.2, -0.15) is 0 Å². The molecule has 1 unspecified atom stereocenters. The van der Waals surface area contributed by atoms with Crippen molar-refractivity contribution in [2.24, 2.45) is 0 Å². The fraction of sp³-hybridized carbons (Fsp3) is 0.385. The van der Waals surface area contributed by atoms with Gasteiger partial charge in [0.25, 0.3) is 0 Å². The number of halogens is 1. The van der Waals surface area contributed by atoms with Gasteiger partial charge >= 0.3 is 0 Å². The minimum atomic E-state index is 1.01. The van der Waals surface area contributed by atoms with Crippen LogP contribution in [0.25, 0.3) is 0 Å². The third-order valence-corrected chi connectivity index (χ3v) is 9.03. The summed E-state index contributed by atoms with van der Waals surface area (Å²) in [6.07, 6.45) is 3.52. The zero-order valence-corrected chi connectivity index (χ0v) is 28.1. The van der Waals surface area contributed by atoms with Crippen LogP contribution in [0.3, 0.4) is 0 Å². The largest absolute Gasteiger partial charge is 0.316 e. The summed E-state index contributed by atoms with van der Waals surface area (Å²) in [5.41, 5.74) is 11.2. The first-order valence-corrected chi connectivity index (χ1v) is 16.5. The van der Waals surface area contributed by atoms with Crippen LogP contribution in [-0.4, -0.2) is 35.6 Å². The molecule has 4 aromatic rings. The normalized spacial score (nSPS) is 12.9. The Hall–Kier alpha value is -2.72. The standard InChI is InChI=1S/C39H50BrN2/c1-6-42(29-36-12-8-7-9-13-36,30-38-26-33(4)23-34(5)27-38)21-11-10-19-41(20-18-35-14-16-39(40)17-15-35)28-37-24-31(2)22-32(3)25-37/h7-9,12-17,22-27H,6,10-11,18-21,28-30H2,1-5H3/q+1. The van der Waals surface area contributed by atoms with E-state index in [0.717, 1.165) is 54.6 Å². The molecule has 0 N–H and O–H groups in total. The van der Waals surface area contributed by atoms with Crippen molar-refractivity contribution in [3.8, 4) is 0 Å². The molecule has 0 aromatic heterocycles. The molecular weight excluding hydrogens is 576 g/mol. The maximum absolute atomic E-state index is 3.58. The number of hydrogen-bond acceptors (Lipinski definition) is 1. The van der Waals surface area contributed by atoms with E-state index in [1.54, 1.807) is 0 Å². The van der Waals surface area contributed by atoms with Crippen LogP contribution in [0, 0.1) is 27.7 Å². The number of nitrogens with zero attached hydrogens (tertiary/aromatic N) is 2. The van der Waals surface area contributed by atoms with Crippen molar-refractivity contribution in [3.63, 3.8) is 0 Å². The highest BCUT2D eigenvalue weighted by atomic mass is 79.9. The highest BCUT2D eigenvalue weighted by Gasteiger charge is 2.26. The minimum Gasteiger partial charge on any atom is -0.316 e. The average molecular weight is 627 g/mol. The first kappa shape index (κ1) is 32.2. The number of hydrogen-bond donors (Lipinski definition) is 0. The molecule has 0 aliphatic carbocycles. The molecular formula is C39H50BrN2+. The second-order valence-electron chi connectivity index (χ2n) is 12.5. The van der Waals surface area contributed by atoms with Crippen molar-refractivity contribution in [2.45, 2.75) is 73.5 Å². The van der Waals surface area contributed by atoms with Gasteiger partial charge in [0.2, 0.25) is 0 Å². The van der Waals surface area contributed by atoms with Crippen molar-refractivity contribution in [3.05, 3.63) is 140 Å². The van der Waals surface area contributed by atoms with Crippen LogP contribution in [0.1, 0.15) is 64.3 Å². The summed E-state index contributed by atoms with van der Waals surface area (Å²) in [4.78, 5) is 2.68. The van der Waals surface area contributed by atoms with Crippen LogP contribution >= 0.6 is 15.9 Å². The molecule has 0 saturated carbocycles. The van der Waals surface area contributed by atoms with Crippen LogP contribution in [0.5, 0.6) is 0 Å². The van der Waals surface area contributed by atoms with E-state index in [9.17, 15) is 0 Å². The Balaban J connectivity index is 1.45. The molecule has 0 aliphatic rings. The van der Waals surface area contributed by atoms with Gasteiger partial charge in [0.05, 0.1) is 13.1 Å². The lowest BCUT2D eigenvalue weighted by Crippen LogP contribution is -2.47. The van der Waals surface area contributed by atoms with E-state index in [2.05, 4.69) is 146 Å². The Morgan fingerprint density at radius 2 is 1.17 bits per heavy atom. The van der Waals surface area contributed by atoms with Gasteiger partial charge in [-0.3, -0.25) is 4.90 Å². The lowest BCUT2D eigenvalue weighted by Gasteiger charge is -2.38. The summed E-state index contributed by atoms with van der Waals surface area (Å²) in [6, 6.07) is 34.0. The van der Waals surface area contributed by atoms with E-state index >= 15 is 0 Å². The van der Waals surface area contributed by atoms with E-state index in [-0.39, 0.29) is 0 Å². The van der Waals surface area contributed by atoms with Crippen molar-refractivity contribution in [1.29, 1.82) is 0 Å². The van der Waals surface area contributed by atoms with Crippen LogP contribution in [0.2, 0.25) is 0 Å². The molecule has 42 heavy (non-hydrogen) atoms. The van der Waals surface area contributed by atoms with E-state index in [0.29, 0.717) is 0 Å². The van der Waals surface area contributed by atoms with E-state index in [1.165, 1.54) is 63.9 Å². The quantitative estimate of drug-likeness (QED) is 0.0938.